The lowest BCUT2D eigenvalue weighted by atomic mass is 10.3. The van der Waals surface area contributed by atoms with Crippen LogP contribution >= 0.6 is 0 Å². The van der Waals surface area contributed by atoms with Crippen molar-refractivity contribution in [1.29, 1.82) is 0 Å². The fraction of sp³-hybridized carbons (Fsp3) is 0.500. The van der Waals surface area contributed by atoms with E-state index in [0.29, 0.717) is 12.2 Å². The highest BCUT2D eigenvalue weighted by Crippen LogP contribution is 2.19. The third-order valence-corrected chi connectivity index (χ3v) is 2.06. The molecule has 1 aromatic rings. The first-order valence-corrected chi connectivity index (χ1v) is 5.09. The van der Waals surface area contributed by atoms with Gasteiger partial charge in [-0.1, -0.05) is 0 Å². The number of nitrogens with zero attached hydrogens (tertiary/aromatic N) is 3. The summed E-state index contributed by atoms with van der Waals surface area (Å²) in [5.41, 5.74) is 0.478. The molecule has 6 nitrogen and oxygen atoms in total. The predicted molar refractivity (Wildman–Crippen MR) is 62.6 cm³/mol. The minimum Gasteiger partial charge on any atom is -0.378 e. The quantitative estimate of drug-likeness (QED) is 0.448. The summed E-state index contributed by atoms with van der Waals surface area (Å²) >= 11 is 0. The topological polar surface area (TPSA) is 71.3 Å². The average molecular weight is 224 g/mol. The third kappa shape index (κ3) is 3.82. The van der Waals surface area contributed by atoms with Crippen LogP contribution in [-0.2, 0) is 0 Å². The van der Waals surface area contributed by atoms with Gasteiger partial charge < -0.3 is 20.3 Å². The van der Waals surface area contributed by atoms with E-state index < -0.39 is 4.92 Å². The fourth-order valence-corrected chi connectivity index (χ4v) is 1.30. The van der Waals surface area contributed by atoms with E-state index in [1.54, 1.807) is 12.1 Å². The molecule has 6 heteroatoms. The van der Waals surface area contributed by atoms with Crippen LogP contribution < -0.4 is 5.32 Å². The van der Waals surface area contributed by atoms with Crippen molar-refractivity contribution >= 4 is 11.5 Å². The number of hydrogen-bond donors (Lipinski definition) is 1. The third-order valence-electron chi connectivity index (χ3n) is 2.06. The van der Waals surface area contributed by atoms with E-state index in [2.05, 4.69) is 15.2 Å². The number of hydrogen-bond acceptors (Lipinski definition) is 5. The zero-order valence-electron chi connectivity index (χ0n) is 9.51. The molecule has 88 valence electrons. The number of nitrogens with one attached hydrogen (secondary N) is 1. The lowest BCUT2D eigenvalue weighted by Gasteiger charge is -2.10. The molecule has 0 aliphatic carbocycles. The molecule has 0 fully saturated rings. The number of rotatable bonds is 6. The maximum Gasteiger partial charge on any atom is 0.386 e. The van der Waals surface area contributed by atoms with Crippen LogP contribution in [0.1, 0.15) is 6.42 Å². The zero-order valence-corrected chi connectivity index (χ0v) is 9.51. The highest BCUT2D eigenvalue weighted by atomic mass is 16.6. The lowest BCUT2D eigenvalue weighted by Crippen LogP contribution is -2.16. The Balaban J connectivity index is 2.50. The number of anilines is 1. The Kier molecular flexibility index (Phi) is 4.65. The van der Waals surface area contributed by atoms with E-state index in [9.17, 15) is 10.1 Å². The SMILES string of the molecule is CN(C)CCCNc1cccnc1[N+](=O)[O-]. The van der Waals surface area contributed by atoms with Crippen LogP contribution in [0, 0.1) is 10.1 Å². The molecular formula is C10H16N4O2. The molecule has 0 atom stereocenters. The van der Waals surface area contributed by atoms with Gasteiger partial charge in [-0.05, 0) is 49.1 Å². The van der Waals surface area contributed by atoms with E-state index in [0.717, 1.165) is 13.0 Å². The zero-order chi connectivity index (χ0) is 12.0. The van der Waals surface area contributed by atoms with Crippen molar-refractivity contribution in [2.75, 3.05) is 32.5 Å². The maximum atomic E-state index is 10.7. The molecule has 16 heavy (non-hydrogen) atoms. The van der Waals surface area contributed by atoms with E-state index in [-0.39, 0.29) is 5.82 Å². The molecule has 0 aromatic carbocycles. The molecule has 0 spiro atoms. The minimum atomic E-state index is -0.478. The number of nitro groups is 1. The first-order valence-electron chi connectivity index (χ1n) is 5.09. The van der Waals surface area contributed by atoms with Gasteiger partial charge in [0.2, 0.25) is 0 Å². The molecule has 1 heterocycles. The highest BCUT2D eigenvalue weighted by molar-refractivity contribution is 5.56. The molecule has 1 N–H and O–H groups in total. The summed E-state index contributed by atoms with van der Waals surface area (Å²) in [4.78, 5) is 16.0. The van der Waals surface area contributed by atoms with Crippen molar-refractivity contribution < 1.29 is 4.92 Å². The van der Waals surface area contributed by atoms with Gasteiger partial charge in [0.05, 0.1) is 0 Å². The maximum absolute atomic E-state index is 10.7. The van der Waals surface area contributed by atoms with Gasteiger partial charge in [0.1, 0.15) is 11.9 Å². The Labute approximate surface area is 94.4 Å². The monoisotopic (exact) mass is 224 g/mol. The van der Waals surface area contributed by atoms with Crippen LogP contribution in [0.25, 0.3) is 0 Å². The van der Waals surface area contributed by atoms with Gasteiger partial charge in [0.25, 0.3) is 0 Å². The van der Waals surface area contributed by atoms with Gasteiger partial charge in [-0.2, -0.15) is 0 Å². The van der Waals surface area contributed by atoms with E-state index in [4.69, 9.17) is 0 Å². The largest absolute Gasteiger partial charge is 0.386 e. The van der Waals surface area contributed by atoms with Crippen LogP contribution in [0.5, 0.6) is 0 Å². The second-order valence-corrected chi connectivity index (χ2v) is 3.72. The molecule has 0 bridgehead atoms. The summed E-state index contributed by atoms with van der Waals surface area (Å²) in [5.74, 6) is -0.118. The van der Waals surface area contributed by atoms with Crippen molar-refractivity contribution in [3.63, 3.8) is 0 Å². The van der Waals surface area contributed by atoms with Gasteiger partial charge in [-0.3, -0.25) is 0 Å². The Morgan fingerprint density at radius 3 is 2.94 bits per heavy atom. The lowest BCUT2D eigenvalue weighted by molar-refractivity contribution is -0.388. The molecule has 0 amide bonds. The van der Waals surface area contributed by atoms with Crippen LogP contribution in [0.15, 0.2) is 18.3 Å². The Hall–Kier alpha value is -1.69. The van der Waals surface area contributed by atoms with Gasteiger partial charge in [-0.15, -0.1) is 0 Å². The molecule has 1 rings (SSSR count). The molecule has 0 unspecified atom stereocenters. The summed E-state index contributed by atoms with van der Waals surface area (Å²) < 4.78 is 0. The average Bonchev–Trinajstić information content (AvgIpc) is 2.24. The van der Waals surface area contributed by atoms with Crippen molar-refractivity contribution in [3.8, 4) is 0 Å². The van der Waals surface area contributed by atoms with E-state index >= 15 is 0 Å². The summed E-state index contributed by atoms with van der Waals surface area (Å²) in [6.45, 7) is 1.64. The fourth-order valence-electron chi connectivity index (χ4n) is 1.30. The first kappa shape index (κ1) is 12.4. The van der Waals surface area contributed by atoms with Crippen molar-refractivity contribution in [2.24, 2.45) is 0 Å². The van der Waals surface area contributed by atoms with Crippen molar-refractivity contribution in [1.82, 2.24) is 9.88 Å². The van der Waals surface area contributed by atoms with Crippen molar-refractivity contribution in [2.45, 2.75) is 6.42 Å². The molecule has 0 aliphatic rings. The minimum absolute atomic E-state index is 0.118. The van der Waals surface area contributed by atoms with Crippen LogP contribution in [-0.4, -0.2) is 42.0 Å². The van der Waals surface area contributed by atoms with E-state index in [1.165, 1.54) is 6.20 Å². The Bertz CT molecular complexity index is 354. The second-order valence-electron chi connectivity index (χ2n) is 3.72. The Morgan fingerprint density at radius 2 is 2.31 bits per heavy atom. The van der Waals surface area contributed by atoms with Gasteiger partial charge in [0.15, 0.2) is 0 Å². The van der Waals surface area contributed by atoms with E-state index in [1.807, 2.05) is 14.1 Å². The summed E-state index contributed by atoms with van der Waals surface area (Å²) in [5, 5.41) is 13.7. The number of aromatic nitrogens is 1. The predicted octanol–water partition coefficient (Wildman–Crippen LogP) is 1.35. The van der Waals surface area contributed by atoms with Gasteiger partial charge in [0, 0.05) is 6.54 Å². The van der Waals surface area contributed by atoms with Crippen molar-refractivity contribution in [3.05, 3.63) is 28.4 Å². The molecule has 1 aromatic heterocycles. The smallest absolute Gasteiger partial charge is 0.378 e. The molecular weight excluding hydrogens is 208 g/mol. The first-order chi connectivity index (χ1) is 7.61. The normalized spacial score (nSPS) is 10.4. The molecule has 0 aliphatic heterocycles. The Morgan fingerprint density at radius 1 is 1.56 bits per heavy atom. The summed E-state index contributed by atoms with van der Waals surface area (Å²) in [6, 6.07) is 3.35. The summed E-state index contributed by atoms with van der Waals surface area (Å²) in [6.07, 6.45) is 2.35. The second kappa shape index (κ2) is 6.02. The molecule has 0 radical (unpaired) electrons. The van der Waals surface area contributed by atoms with Gasteiger partial charge >= 0.3 is 5.82 Å². The highest BCUT2D eigenvalue weighted by Gasteiger charge is 2.12. The summed E-state index contributed by atoms with van der Waals surface area (Å²) in [7, 11) is 3.99. The standard InChI is InChI=1S/C10H16N4O2/c1-13(2)8-4-7-11-9-5-3-6-12-10(9)14(15)16/h3,5-6,11H,4,7-8H2,1-2H3. The molecule has 0 saturated heterocycles. The van der Waals surface area contributed by atoms with Crippen LogP contribution in [0.2, 0.25) is 0 Å². The molecule has 0 saturated carbocycles. The van der Waals surface area contributed by atoms with Crippen LogP contribution in [0.4, 0.5) is 11.5 Å². The number of pyridine rings is 1. The van der Waals surface area contributed by atoms with Gasteiger partial charge in [-0.25, -0.2) is 0 Å². The van der Waals surface area contributed by atoms with Crippen LogP contribution in [0.3, 0.4) is 0 Å².